The topological polar surface area (TPSA) is 70.7 Å². The SMILES string of the molecule is C=C(C)C(=O)N1CC(Nc2cc3c(c(-c4ccc(Oc5ccccc5)cc4)c2)CNC3=O)C1. The Kier molecular flexibility index (Phi) is 5.34. The molecule has 0 unspecified atom stereocenters. The maximum atomic E-state index is 12.4. The van der Waals surface area contributed by atoms with Gasteiger partial charge in [0.1, 0.15) is 11.5 Å². The maximum absolute atomic E-state index is 12.4. The van der Waals surface area contributed by atoms with Crippen molar-refractivity contribution in [3.63, 3.8) is 0 Å². The number of carbonyl (C=O) groups excluding carboxylic acids is 2. The van der Waals surface area contributed by atoms with Crippen LogP contribution in [-0.4, -0.2) is 35.8 Å². The van der Waals surface area contributed by atoms with Crippen LogP contribution in [0.1, 0.15) is 22.8 Å². The Morgan fingerprint density at radius 3 is 2.39 bits per heavy atom. The van der Waals surface area contributed by atoms with Crippen LogP contribution in [0.4, 0.5) is 5.69 Å². The lowest BCUT2D eigenvalue weighted by atomic mass is 9.95. The highest BCUT2D eigenvalue weighted by molar-refractivity contribution is 6.02. The van der Waals surface area contributed by atoms with Crippen molar-refractivity contribution in [2.45, 2.75) is 19.5 Å². The van der Waals surface area contributed by atoms with Crippen LogP contribution >= 0.6 is 0 Å². The molecule has 33 heavy (non-hydrogen) atoms. The van der Waals surface area contributed by atoms with Gasteiger partial charge in [-0.1, -0.05) is 36.9 Å². The van der Waals surface area contributed by atoms with Crippen molar-refractivity contribution in [2.75, 3.05) is 18.4 Å². The van der Waals surface area contributed by atoms with Crippen molar-refractivity contribution in [3.05, 3.63) is 90.0 Å². The fourth-order valence-corrected chi connectivity index (χ4v) is 4.24. The number of benzene rings is 3. The summed E-state index contributed by atoms with van der Waals surface area (Å²) in [4.78, 5) is 26.2. The number of nitrogens with zero attached hydrogens (tertiary/aromatic N) is 1. The predicted molar refractivity (Wildman–Crippen MR) is 128 cm³/mol. The highest BCUT2D eigenvalue weighted by Crippen LogP contribution is 2.35. The number of ether oxygens (including phenoxy) is 1. The molecule has 1 saturated heterocycles. The summed E-state index contributed by atoms with van der Waals surface area (Å²) in [7, 11) is 0. The van der Waals surface area contributed by atoms with Crippen LogP contribution in [0.25, 0.3) is 11.1 Å². The number of hydrogen-bond acceptors (Lipinski definition) is 4. The molecule has 166 valence electrons. The second kappa shape index (κ2) is 8.47. The summed E-state index contributed by atoms with van der Waals surface area (Å²) in [5.74, 6) is 1.46. The van der Waals surface area contributed by atoms with Gasteiger partial charge in [-0.3, -0.25) is 9.59 Å². The van der Waals surface area contributed by atoms with Gasteiger partial charge < -0.3 is 20.3 Å². The Morgan fingerprint density at radius 2 is 1.70 bits per heavy atom. The molecule has 0 atom stereocenters. The van der Waals surface area contributed by atoms with E-state index in [1.54, 1.807) is 11.8 Å². The number of fused-ring (bicyclic) bond motifs is 1. The lowest BCUT2D eigenvalue weighted by molar-refractivity contribution is -0.130. The Labute approximate surface area is 192 Å². The fourth-order valence-electron chi connectivity index (χ4n) is 4.24. The van der Waals surface area contributed by atoms with Gasteiger partial charge in [-0.2, -0.15) is 0 Å². The number of para-hydroxylation sites is 1. The number of nitrogens with one attached hydrogen (secondary N) is 2. The van der Waals surface area contributed by atoms with Crippen molar-refractivity contribution < 1.29 is 14.3 Å². The van der Waals surface area contributed by atoms with Gasteiger partial charge >= 0.3 is 0 Å². The zero-order chi connectivity index (χ0) is 22.9. The van der Waals surface area contributed by atoms with Gasteiger partial charge in [0.15, 0.2) is 0 Å². The Morgan fingerprint density at radius 1 is 1.03 bits per heavy atom. The van der Waals surface area contributed by atoms with Crippen LogP contribution in [0.5, 0.6) is 11.5 Å². The van der Waals surface area contributed by atoms with Crippen LogP contribution in [-0.2, 0) is 11.3 Å². The second-order valence-corrected chi connectivity index (χ2v) is 8.50. The molecule has 3 aromatic carbocycles. The molecule has 3 aromatic rings. The predicted octanol–water partition coefficient (Wildman–Crippen LogP) is 4.59. The van der Waals surface area contributed by atoms with Crippen molar-refractivity contribution in [2.24, 2.45) is 0 Å². The lowest BCUT2D eigenvalue weighted by Gasteiger charge is -2.40. The highest BCUT2D eigenvalue weighted by Gasteiger charge is 2.31. The smallest absolute Gasteiger partial charge is 0.251 e. The molecule has 0 spiro atoms. The van der Waals surface area contributed by atoms with E-state index in [2.05, 4.69) is 23.3 Å². The standard InChI is InChI=1S/C27H25N3O3/c1-17(2)27(32)30-15-20(16-30)29-19-12-23(25-14-28-26(31)24(25)13-19)18-8-10-22(11-9-18)33-21-6-4-3-5-7-21/h3-13,20,29H,1,14-16H2,2H3,(H,28,31). The third-order valence-electron chi connectivity index (χ3n) is 5.97. The molecule has 5 rings (SSSR count). The van der Waals surface area contributed by atoms with E-state index in [4.69, 9.17) is 4.74 Å². The van der Waals surface area contributed by atoms with Crippen LogP contribution < -0.4 is 15.4 Å². The Hall–Kier alpha value is -4.06. The van der Waals surface area contributed by atoms with Gasteiger partial charge in [0, 0.05) is 36.5 Å². The third kappa shape index (κ3) is 4.20. The van der Waals surface area contributed by atoms with Crippen LogP contribution in [0.15, 0.2) is 78.9 Å². The van der Waals surface area contributed by atoms with Crippen molar-refractivity contribution in [1.82, 2.24) is 10.2 Å². The van der Waals surface area contributed by atoms with Crippen molar-refractivity contribution in [3.8, 4) is 22.6 Å². The van der Waals surface area contributed by atoms with Gasteiger partial charge in [-0.05, 0) is 60.0 Å². The molecule has 1 fully saturated rings. The molecular weight excluding hydrogens is 414 g/mol. The van der Waals surface area contributed by atoms with Crippen LogP contribution in [0.2, 0.25) is 0 Å². The molecule has 2 aliphatic rings. The number of likely N-dealkylation sites (tertiary alicyclic amines) is 1. The van der Waals surface area contributed by atoms with E-state index in [9.17, 15) is 9.59 Å². The average molecular weight is 440 g/mol. The number of anilines is 1. The van der Waals surface area contributed by atoms with Gasteiger partial charge in [0.2, 0.25) is 5.91 Å². The molecule has 0 saturated carbocycles. The minimum Gasteiger partial charge on any atom is -0.457 e. The number of amides is 2. The monoisotopic (exact) mass is 439 g/mol. The number of carbonyl (C=O) groups is 2. The molecule has 6 nitrogen and oxygen atoms in total. The maximum Gasteiger partial charge on any atom is 0.251 e. The molecule has 0 aromatic heterocycles. The molecule has 2 N–H and O–H groups in total. The molecule has 2 heterocycles. The zero-order valence-electron chi connectivity index (χ0n) is 18.4. The summed E-state index contributed by atoms with van der Waals surface area (Å²) >= 11 is 0. The third-order valence-corrected chi connectivity index (χ3v) is 5.97. The summed E-state index contributed by atoms with van der Waals surface area (Å²) in [6.07, 6.45) is 0. The minimum atomic E-state index is -0.0633. The van der Waals surface area contributed by atoms with Gasteiger partial charge in [0.05, 0.1) is 6.04 Å². The minimum absolute atomic E-state index is 0.0140. The molecular formula is C27H25N3O3. The normalized spacial score (nSPS) is 14.8. The van der Waals surface area contributed by atoms with E-state index >= 15 is 0 Å². The van der Waals surface area contributed by atoms with E-state index in [0.717, 1.165) is 33.9 Å². The fraction of sp³-hybridized carbons (Fsp3) is 0.185. The van der Waals surface area contributed by atoms with Crippen molar-refractivity contribution in [1.29, 1.82) is 0 Å². The highest BCUT2D eigenvalue weighted by atomic mass is 16.5. The summed E-state index contributed by atoms with van der Waals surface area (Å²) < 4.78 is 5.91. The quantitative estimate of drug-likeness (QED) is 0.551. The Balaban J connectivity index is 1.37. The molecule has 0 bridgehead atoms. The molecule has 2 amide bonds. The first-order chi connectivity index (χ1) is 16.0. The first kappa shape index (κ1) is 20.8. The summed E-state index contributed by atoms with van der Waals surface area (Å²) in [6, 6.07) is 21.7. The zero-order valence-corrected chi connectivity index (χ0v) is 18.4. The first-order valence-corrected chi connectivity index (χ1v) is 11.0. The van der Waals surface area contributed by atoms with E-state index < -0.39 is 0 Å². The van der Waals surface area contributed by atoms with Gasteiger partial charge in [-0.25, -0.2) is 0 Å². The molecule has 2 aliphatic heterocycles. The lowest BCUT2D eigenvalue weighted by Crippen LogP contribution is -2.57. The van der Waals surface area contributed by atoms with Crippen LogP contribution in [0.3, 0.4) is 0 Å². The largest absolute Gasteiger partial charge is 0.457 e. The summed E-state index contributed by atoms with van der Waals surface area (Å²) in [6.45, 7) is 7.20. The number of hydrogen-bond donors (Lipinski definition) is 2. The van der Waals surface area contributed by atoms with Gasteiger partial charge in [-0.15, -0.1) is 0 Å². The van der Waals surface area contributed by atoms with Crippen LogP contribution in [0, 0.1) is 0 Å². The summed E-state index contributed by atoms with van der Waals surface area (Å²) in [5.41, 5.74) is 5.12. The average Bonchev–Trinajstić information content (AvgIpc) is 3.17. The van der Waals surface area contributed by atoms with E-state index in [1.165, 1.54) is 0 Å². The molecule has 0 radical (unpaired) electrons. The van der Waals surface area contributed by atoms with E-state index in [1.807, 2.05) is 60.7 Å². The number of rotatable bonds is 6. The molecule has 0 aliphatic carbocycles. The van der Waals surface area contributed by atoms with Gasteiger partial charge in [0.25, 0.3) is 5.91 Å². The van der Waals surface area contributed by atoms with E-state index in [0.29, 0.717) is 30.8 Å². The summed E-state index contributed by atoms with van der Waals surface area (Å²) in [5, 5.41) is 6.41. The molecule has 6 heteroatoms. The van der Waals surface area contributed by atoms with Crippen molar-refractivity contribution >= 4 is 17.5 Å². The second-order valence-electron chi connectivity index (χ2n) is 8.50. The first-order valence-electron chi connectivity index (χ1n) is 11.0. The Bertz CT molecular complexity index is 1230. The van der Waals surface area contributed by atoms with E-state index in [-0.39, 0.29) is 17.9 Å².